The van der Waals surface area contributed by atoms with Gasteiger partial charge in [0.25, 0.3) is 0 Å². The monoisotopic (exact) mass is 470 g/mol. The summed E-state index contributed by atoms with van der Waals surface area (Å²) in [5, 5.41) is 11.8. The highest BCUT2D eigenvalue weighted by atomic mass is 32.2. The van der Waals surface area contributed by atoms with Crippen LogP contribution in [0.1, 0.15) is 29.5 Å². The number of nitrogens with one attached hydrogen (secondary N) is 4. The van der Waals surface area contributed by atoms with Crippen LogP contribution >= 0.6 is 11.8 Å². The molecule has 1 heterocycles. The molecule has 0 bridgehead atoms. The fourth-order valence-electron chi connectivity index (χ4n) is 3.54. The van der Waals surface area contributed by atoms with Gasteiger partial charge in [0.15, 0.2) is 0 Å². The van der Waals surface area contributed by atoms with Crippen molar-refractivity contribution in [2.45, 2.75) is 44.8 Å². The lowest BCUT2D eigenvalue weighted by atomic mass is 10.1. The molecule has 0 aliphatic carbocycles. The van der Waals surface area contributed by atoms with E-state index < -0.39 is 5.50 Å². The minimum atomic E-state index is -0.438. The summed E-state index contributed by atoms with van der Waals surface area (Å²) in [6, 6.07) is 13.0. The van der Waals surface area contributed by atoms with Crippen LogP contribution < -0.4 is 26.0 Å². The minimum Gasteiger partial charge on any atom is -0.497 e. The van der Waals surface area contributed by atoms with Crippen molar-refractivity contribution in [1.29, 1.82) is 0 Å². The second-order valence-electron chi connectivity index (χ2n) is 8.03. The molecule has 2 atom stereocenters. The Balaban J connectivity index is 1.44. The maximum Gasteiger partial charge on any atom is 0.234 e. The number of methoxy groups -OCH3 is 1. The second kappa shape index (κ2) is 11.7. The molecule has 0 aromatic heterocycles. The van der Waals surface area contributed by atoms with Crippen LogP contribution in [0.2, 0.25) is 0 Å². The zero-order valence-electron chi connectivity index (χ0n) is 19.1. The highest BCUT2D eigenvalue weighted by Gasteiger charge is 2.28. The summed E-state index contributed by atoms with van der Waals surface area (Å²) < 4.78 is 5.19. The summed E-state index contributed by atoms with van der Waals surface area (Å²) in [6.45, 7) is 4.33. The summed E-state index contributed by atoms with van der Waals surface area (Å²) in [4.78, 5) is 36.9. The third-order valence-electron chi connectivity index (χ3n) is 5.20. The van der Waals surface area contributed by atoms with Crippen molar-refractivity contribution in [3.8, 4) is 5.75 Å². The summed E-state index contributed by atoms with van der Waals surface area (Å²) in [5.74, 6) is 0.447. The molecule has 176 valence electrons. The lowest BCUT2D eigenvalue weighted by Gasteiger charge is -2.30. The number of aryl methyl sites for hydroxylation is 2. The van der Waals surface area contributed by atoms with Gasteiger partial charge in [-0.25, -0.2) is 0 Å². The Kier molecular flexibility index (Phi) is 8.73. The van der Waals surface area contributed by atoms with Crippen molar-refractivity contribution in [3.05, 3.63) is 59.2 Å². The molecule has 8 nitrogen and oxygen atoms in total. The van der Waals surface area contributed by atoms with E-state index in [1.165, 1.54) is 11.8 Å². The first-order valence-electron chi connectivity index (χ1n) is 10.8. The van der Waals surface area contributed by atoms with Gasteiger partial charge in [0, 0.05) is 31.1 Å². The van der Waals surface area contributed by atoms with Gasteiger partial charge in [0.1, 0.15) is 11.2 Å². The van der Waals surface area contributed by atoms with Gasteiger partial charge < -0.3 is 20.7 Å². The maximum absolute atomic E-state index is 12.4. The number of carbonyl (C=O) groups is 3. The highest BCUT2D eigenvalue weighted by Crippen LogP contribution is 2.18. The van der Waals surface area contributed by atoms with E-state index in [0.717, 1.165) is 28.1 Å². The normalized spacial score (nSPS) is 17.7. The van der Waals surface area contributed by atoms with Gasteiger partial charge in [-0.2, -0.15) is 0 Å². The summed E-state index contributed by atoms with van der Waals surface area (Å²) >= 11 is 1.28. The van der Waals surface area contributed by atoms with Crippen LogP contribution in [0.3, 0.4) is 0 Å². The Labute approximate surface area is 198 Å². The topological polar surface area (TPSA) is 109 Å². The van der Waals surface area contributed by atoms with Gasteiger partial charge in [0.2, 0.25) is 17.7 Å². The van der Waals surface area contributed by atoms with E-state index in [9.17, 15) is 14.4 Å². The zero-order chi connectivity index (χ0) is 23.8. The average Bonchev–Trinajstić information content (AvgIpc) is 2.78. The number of ether oxygens (including phenoxy) is 1. The van der Waals surface area contributed by atoms with Gasteiger partial charge in [0.05, 0.1) is 12.9 Å². The number of anilines is 1. The standard InChI is InChI=1S/C24H30N4O4S/c1-15-7-8-20(16(2)9-15)27-23(31)14-33-24-26-18(12-22(30)28-24)11-21(29)25-13-17-5-4-6-19(10-17)32-3/h4-10,18,24,26H,11-14H2,1-3H3,(H,25,29)(H,27,31)(H,28,30). The third-order valence-corrected chi connectivity index (χ3v) is 6.22. The van der Waals surface area contributed by atoms with Gasteiger partial charge >= 0.3 is 0 Å². The Morgan fingerprint density at radius 1 is 1.15 bits per heavy atom. The van der Waals surface area contributed by atoms with Crippen LogP contribution in [-0.2, 0) is 20.9 Å². The Morgan fingerprint density at radius 3 is 2.73 bits per heavy atom. The molecule has 2 unspecified atom stereocenters. The largest absolute Gasteiger partial charge is 0.497 e. The molecule has 1 aliphatic rings. The van der Waals surface area contributed by atoms with Gasteiger partial charge in [-0.3, -0.25) is 19.7 Å². The van der Waals surface area contributed by atoms with E-state index in [2.05, 4.69) is 21.3 Å². The molecule has 1 saturated heterocycles. The number of rotatable bonds is 9. The molecule has 3 amide bonds. The van der Waals surface area contributed by atoms with Crippen LogP contribution in [0.25, 0.3) is 0 Å². The molecular formula is C24H30N4O4S. The molecule has 0 radical (unpaired) electrons. The van der Waals surface area contributed by atoms with E-state index >= 15 is 0 Å². The second-order valence-corrected chi connectivity index (χ2v) is 9.12. The number of hydrogen-bond acceptors (Lipinski definition) is 6. The first kappa shape index (κ1) is 24.6. The van der Waals surface area contributed by atoms with Gasteiger partial charge in [-0.1, -0.05) is 29.8 Å². The number of carbonyl (C=O) groups excluding carboxylic acids is 3. The van der Waals surface area contributed by atoms with Crippen molar-refractivity contribution in [2.24, 2.45) is 0 Å². The van der Waals surface area contributed by atoms with Gasteiger partial charge in [-0.15, -0.1) is 11.8 Å². The number of benzene rings is 2. The fraction of sp³-hybridized carbons (Fsp3) is 0.375. The predicted molar refractivity (Wildman–Crippen MR) is 130 cm³/mol. The SMILES string of the molecule is COc1cccc(CNC(=O)CC2CC(=O)NC(SCC(=O)Nc3ccc(C)cc3C)N2)c1. The first-order chi connectivity index (χ1) is 15.8. The zero-order valence-corrected chi connectivity index (χ0v) is 19.9. The smallest absolute Gasteiger partial charge is 0.234 e. The molecule has 2 aromatic carbocycles. The van der Waals surface area contributed by atoms with Crippen LogP contribution in [-0.4, -0.2) is 42.1 Å². The molecule has 4 N–H and O–H groups in total. The first-order valence-corrected chi connectivity index (χ1v) is 11.8. The lowest BCUT2D eigenvalue weighted by Crippen LogP contribution is -2.56. The van der Waals surface area contributed by atoms with E-state index in [4.69, 9.17) is 4.74 Å². The Bertz CT molecular complexity index is 1010. The number of thioether (sulfide) groups is 1. The Morgan fingerprint density at radius 2 is 1.97 bits per heavy atom. The van der Waals surface area contributed by atoms with E-state index in [1.54, 1.807) is 7.11 Å². The van der Waals surface area contributed by atoms with Crippen molar-refractivity contribution < 1.29 is 19.1 Å². The van der Waals surface area contributed by atoms with Crippen molar-refractivity contribution in [2.75, 3.05) is 18.2 Å². The molecule has 2 aromatic rings. The highest BCUT2D eigenvalue weighted by molar-refractivity contribution is 8.00. The molecule has 3 rings (SSSR count). The summed E-state index contributed by atoms with van der Waals surface area (Å²) in [7, 11) is 1.60. The predicted octanol–water partition coefficient (Wildman–Crippen LogP) is 2.45. The van der Waals surface area contributed by atoms with Crippen LogP contribution in [0.4, 0.5) is 5.69 Å². The minimum absolute atomic E-state index is 0.147. The average molecular weight is 471 g/mol. The molecule has 33 heavy (non-hydrogen) atoms. The lowest BCUT2D eigenvalue weighted by molar-refractivity contribution is -0.125. The molecule has 0 saturated carbocycles. The molecular weight excluding hydrogens is 440 g/mol. The summed E-state index contributed by atoms with van der Waals surface area (Å²) in [5.41, 5.74) is 3.40. The fourth-order valence-corrected chi connectivity index (χ4v) is 4.44. The van der Waals surface area contributed by atoms with E-state index in [1.807, 2.05) is 56.3 Å². The Hall–Kier alpha value is -3.04. The molecule has 1 aliphatic heterocycles. The summed E-state index contributed by atoms with van der Waals surface area (Å²) in [6.07, 6.45) is 0.377. The van der Waals surface area contributed by atoms with Crippen LogP contribution in [0.15, 0.2) is 42.5 Å². The van der Waals surface area contributed by atoms with Crippen molar-refractivity contribution in [3.63, 3.8) is 0 Å². The number of hydrogen-bond donors (Lipinski definition) is 4. The van der Waals surface area contributed by atoms with Crippen LogP contribution in [0.5, 0.6) is 5.75 Å². The van der Waals surface area contributed by atoms with Crippen LogP contribution in [0, 0.1) is 13.8 Å². The molecule has 1 fully saturated rings. The third kappa shape index (κ3) is 7.80. The molecule has 0 spiro atoms. The molecule has 9 heteroatoms. The quantitative estimate of drug-likeness (QED) is 0.448. The van der Waals surface area contributed by atoms with E-state index in [-0.39, 0.29) is 42.4 Å². The maximum atomic E-state index is 12.4. The van der Waals surface area contributed by atoms with Crippen molar-refractivity contribution in [1.82, 2.24) is 16.0 Å². The van der Waals surface area contributed by atoms with E-state index in [0.29, 0.717) is 6.54 Å². The number of amides is 3. The van der Waals surface area contributed by atoms with Gasteiger partial charge in [-0.05, 0) is 43.2 Å². The van der Waals surface area contributed by atoms with Crippen molar-refractivity contribution >= 4 is 35.2 Å².